The lowest BCUT2D eigenvalue weighted by molar-refractivity contribution is -0.119. The number of hydrogen-bond acceptors (Lipinski definition) is 7. The van der Waals surface area contributed by atoms with E-state index in [9.17, 15) is 9.59 Å². The van der Waals surface area contributed by atoms with Gasteiger partial charge in [-0.05, 0) is 30.3 Å². The smallest absolute Gasteiger partial charge is 0.338 e. The molecule has 2 aromatic carbocycles. The van der Waals surface area contributed by atoms with Crippen LogP contribution in [0.2, 0.25) is 0 Å². The third kappa shape index (κ3) is 3.45. The number of ether oxygens (including phenoxy) is 3. The Labute approximate surface area is 152 Å². The first kappa shape index (κ1) is 16.3. The molecule has 26 heavy (non-hydrogen) atoms. The lowest BCUT2D eigenvalue weighted by Crippen LogP contribution is -2.21. The van der Waals surface area contributed by atoms with E-state index in [1.165, 1.54) is 11.3 Å². The molecule has 8 heteroatoms. The summed E-state index contributed by atoms with van der Waals surface area (Å²) in [5.74, 6) is 0.217. The molecule has 2 heterocycles. The average Bonchev–Trinajstić information content (AvgIpc) is 3.14. The molecule has 0 bridgehead atoms. The molecule has 4 rings (SSSR count). The van der Waals surface area contributed by atoms with Crippen LogP contribution in [0.15, 0.2) is 41.9 Å². The number of fused-ring (bicyclic) bond motifs is 2. The van der Waals surface area contributed by atoms with E-state index < -0.39 is 11.9 Å². The quantitative estimate of drug-likeness (QED) is 0.711. The summed E-state index contributed by atoms with van der Waals surface area (Å²) in [6.07, 6.45) is 0. The van der Waals surface area contributed by atoms with Gasteiger partial charge in [-0.2, -0.15) is 0 Å². The van der Waals surface area contributed by atoms with Crippen molar-refractivity contribution in [2.45, 2.75) is 0 Å². The molecular weight excluding hydrogens is 356 g/mol. The number of thiazole rings is 1. The molecule has 0 fully saturated rings. The number of aromatic nitrogens is 1. The monoisotopic (exact) mass is 370 g/mol. The van der Waals surface area contributed by atoms with Crippen LogP contribution in [-0.2, 0) is 9.53 Å². The lowest BCUT2D eigenvalue weighted by Gasteiger charge is -2.19. The van der Waals surface area contributed by atoms with Gasteiger partial charge in [0, 0.05) is 11.8 Å². The first-order valence-electron chi connectivity index (χ1n) is 7.89. The van der Waals surface area contributed by atoms with Crippen molar-refractivity contribution in [2.24, 2.45) is 0 Å². The molecule has 132 valence electrons. The largest absolute Gasteiger partial charge is 0.486 e. The highest BCUT2D eigenvalue weighted by Gasteiger charge is 2.14. The second-order valence-electron chi connectivity index (χ2n) is 5.52. The molecule has 1 amide bonds. The van der Waals surface area contributed by atoms with Crippen molar-refractivity contribution in [1.82, 2.24) is 4.98 Å². The summed E-state index contributed by atoms with van der Waals surface area (Å²) in [6.45, 7) is 0.585. The number of amides is 1. The Morgan fingerprint density at radius 1 is 1.12 bits per heavy atom. The molecule has 3 aromatic rings. The third-order valence-electron chi connectivity index (χ3n) is 3.73. The van der Waals surface area contributed by atoms with Gasteiger partial charge < -0.3 is 19.5 Å². The zero-order chi connectivity index (χ0) is 17.9. The Balaban J connectivity index is 1.35. The fraction of sp³-hybridized carbons (Fsp3) is 0.167. The minimum atomic E-state index is -0.558. The van der Waals surface area contributed by atoms with E-state index >= 15 is 0 Å². The molecule has 7 nitrogen and oxygen atoms in total. The second kappa shape index (κ2) is 7.01. The summed E-state index contributed by atoms with van der Waals surface area (Å²) in [7, 11) is 0. The number of nitrogens with one attached hydrogen (secondary N) is 1. The summed E-state index contributed by atoms with van der Waals surface area (Å²) in [5.41, 5.74) is 3.46. The molecular formula is C18H14N2O5S. The predicted molar refractivity (Wildman–Crippen MR) is 96.0 cm³/mol. The number of nitrogens with zero attached hydrogens (tertiary/aromatic N) is 1. The molecule has 0 saturated carbocycles. The summed E-state index contributed by atoms with van der Waals surface area (Å²) >= 11 is 1.44. The number of hydrogen-bond donors (Lipinski definition) is 1. The fourth-order valence-corrected chi connectivity index (χ4v) is 3.23. The van der Waals surface area contributed by atoms with E-state index in [1.807, 2.05) is 0 Å². The van der Waals surface area contributed by atoms with Crippen molar-refractivity contribution < 1.29 is 23.8 Å². The van der Waals surface area contributed by atoms with Crippen molar-refractivity contribution >= 4 is 39.1 Å². The highest BCUT2D eigenvalue weighted by atomic mass is 32.1. The summed E-state index contributed by atoms with van der Waals surface area (Å²) in [4.78, 5) is 28.3. The Morgan fingerprint density at radius 3 is 2.85 bits per heavy atom. The van der Waals surface area contributed by atoms with Crippen molar-refractivity contribution in [1.29, 1.82) is 0 Å². The van der Waals surface area contributed by atoms with Crippen LogP contribution in [0.3, 0.4) is 0 Å². The minimum Gasteiger partial charge on any atom is -0.486 e. The van der Waals surface area contributed by atoms with Crippen LogP contribution in [0, 0.1) is 0 Å². The van der Waals surface area contributed by atoms with Crippen LogP contribution in [0.25, 0.3) is 10.2 Å². The van der Waals surface area contributed by atoms with Gasteiger partial charge in [-0.25, -0.2) is 9.78 Å². The first-order chi connectivity index (χ1) is 12.7. The number of anilines is 1. The highest BCUT2D eigenvalue weighted by molar-refractivity contribution is 7.16. The zero-order valence-corrected chi connectivity index (χ0v) is 14.4. The number of benzene rings is 2. The van der Waals surface area contributed by atoms with Gasteiger partial charge in [0.25, 0.3) is 5.91 Å². The van der Waals surface area contributed by atoms with E-state index in [0.717, 1.165) is 10.2 Å². The van der Waals surface area contributed by atoms with E-state index in [0.29, 0.717) is 36.0 Å². The molecule has 0 atom stereocenters. The number of carbonyl (C=O) groups is 2. The molecule has 0 saturated heterocycles. The lowest BCUT2D eigenvalue weighted by atomic mass is 10.2. The van der Waals surface area contributed by atoms with Gasteiger partial charge in [0.1, 0.15) is 13.2 Å². The second-order valence-corrected chi connectivity index (χ2v) is 6.40. The van der Waals surface area contributed by atoms with Gasteiger partial charge in [0.2, 0.25) is 0 Å². The third-order valence-corrected chi connectivity index (χ3v) is 4.52. The van der Waals surface area contributed by atoms with E-state index in [-0.39, 0.29) is 6.61 Å². The van der Waals surface area contributed by atoms with Gasteiger partial charge in [-0.3, -0.25) is 4.79 Å². The zero-order valence-electron chi connectivity index (χ0n) is 13.6. The SMILES string of the molecule is O=C(COC(=O)c1ccc2ncsc2c1)Nc1ccc2c(c1)OCCO2. The number of carbonyl (C=O) groups excluding carboxylic acids is 2. The summed E-state index contributed by atoms with van der Waals surface area (Å²) in [5, 5.41) is 2.66. The predicted octanol–water partition coefficient (Wildman–Crippen LogP) is 2.86. The topological polar surface area (TPSA) is 86.8 Å². The molecule has 1 N–H and O–H groups in total. The average molecular weight is 370 g/mol. The normalized spacial score (nSPS) is 12.6. The molecule has 0 unspecified atom stereocenters. The van der Waals surface area contributed by atoms with Crippen LogP contribution in [0.5, 0.6) is 11.5 Å². The van der Waals surface area contributed by atoms with Gasteiger partial charge >= 0.3 is 5.97 Å². The standard InChI is InChI=1S/C18H14N2O5S/c21-17(20-12-2-4-14-15(8-12)24-6-5-23-14)9-25-18(22)11-1-3-13-16(7-11)26-10-19-13/h1-4,7-8,10H,5-6,9H2,(H,20,21). The van der Waals surface area contributed by atoms with Crippen LogP contribution < -0.4 is 14.8 Å². The summed E-state index contributed by atoms with van der Waals surface area (Å²) < 4.78 is 16.9. The van der Waals surface area contributed by atoms with Gasteiger partial charge in [0.05, 0.1) is 21.3 Å². The first-order valence-corrected chi connectivity index (χ1v) is 8.77. The Bertz CT molecular complexity index is 985. The summed E-state index contributed by atoms with van der Waals surface area (Å²) in [6, 6.07) is 10.2. The van der Waals surface area contributed by atoms with Crippen LogP contribution in [0.4, 0.5) is 5.69 Å². The number of esters is 1. The van der Waals surface area contributed by atoms with E-state index in [1.54, 1.807) is 41.9 Å². The maximum atomic E-state index is 12.1. The Kier molecular flexibility index (Phi) is 4.40. The number of rotatable bonds is 4. The molecule has 0 radical (unpaired) electrons. The molecule has 0 aliphatic carbocycles. The molecule has 0 spiro atoms. The molecule has 1 aromatic heterocycles. The van der Waals surface area contributed by atoms with Gasteiger partial charge in [-0.15, -0.1) is 11.3 Å². The minimum absolute atomic E-state index is 0.381. The van der Waals surface area contributed by atoms with Gasteiger partial charge in [-0.1, -0.05) is 0 Å². The van der Waals surface area contributed by atoms with E-state index in [2.05, 4.69) is 10.3 Å². The van der Waals surface area contributed by atoms with Crippen molar-refractivity contribution in [3.8, 4) is 11.5 Å². The maximum absolute atomic E-state index is 12.1. The fourth-order valence-electron chi connectivity index (χ4n) is 2.51. The molecule has 1 aliphatic heterocycles. The van der Waals surface area contributed by atoms with Crippen molar-refractivity contribution in [3.63, 3.8) is 0 Å². The Hall–Kier alpha value is -3.13. The van der Waals surface area contributed by atoms with Crippen LogP contribution >= 0.6 is 11.3 Å². The Morgan fingerprint density at radius 2 is 1.96 bits per heavy atom. The van der Waals surface area contributed by atoms with Crippen molar-refractivity contribution in [2.75, 3.05) is 25.1 Å². The van der Waals surface area contributed by atoms with Crippen LogP contribution in [-0.4, -0.2) is 36.7 Å². The maximum Gasteiger partial charge on any atom is 0.338 e. The van der Waals surface area contributed by atoms with Gasteiger partial charge in [0.15, 0.2) is 18.1 Å². The molecule has 1 aliphatic rings. The van der Waals surface area contributed by atoms with Crippen molar-refractivity contribution in [3.05, 3.63) is 47.5 Å². The highest BCUT2D eigenvalue weighted by Crippen LogP contribution is 2.32. The van der Waals surface area contributed by atoms with E-state index in [4.69, 9.17) is 14.2 Å². The van der Waals surface area contributed by atoms with Crippen LogP contribution in [0.1, 0.15) is 10.4 Å².